The summed E-state index contributed by atoms with van der Waals surface area (Å²) >= 11 is 0. The summed E-state index contributed by atoms with van der Waals surface area (Å²) in [5, 5.41) is 10.8. The fourth-order valence-electron chi connectivity index (χ4n) is 3.32. The van der Waals surface area contributed by atoms with Crippen molar-refractivity contribution in [3.05, 3.63) is 53.7 Å². The molecule has 1 aliphatic heterocycles. The van der Waals surface area contributed by atoms with Crippen LogP contribution in [-0.4, -0.2) is 35.8 Å². The Labute approximate surface area is 149 Å². The van der Waals surface area contributed by atoms with Crippen LogP contribution in [0.4, 0.5) is 5.69 Å². The maximum absolute atomic E-state index is 12.3. The van der Waals surface area contributed by atoms with Crippen molar-refractivity contribution in [3.63, 3.8) is 0 Å². The second-order valence-corrected chi connectivity index (χ2v) is 6.07. The van der Waals surface area contributed by atoms with E-state index < -0.39 is 5.97 Å². The number of rotatable bonds is 4. The molecule has 0 spiro atoms. The molecular formula is C19H17N3O4. The molecular weight excluding hydrogens is 334 g/mol. The van der Waals surface area contributed by atoms with E-state index in [2.05, 4.69) is 20.3 Å². The van der Waals surface area contributed by atoms with Crippen molar-refractivity contribution in [3.8, 4) is 5.75 Å². The van der Waals surface area contributed by atoms with E-state index in [9.17, 15) is 9.59 Å². The highest BCUT2D eigenvalue weighted by Crippen LogP contribution is 2.43. The van der Waals surface area contributed by atoms with E-state index in [0.717, 1.165) is 27.7 Å². The van der Waals surface area contributed by atoms with E-state index in [4.69, 9.17) is 4.74 Å². The number of nitrogens with zero attached hydrogens (tertiary/aromatic N) is 1. The summed E-state index contributed by atoms with van der Waals surface area (Å²) in [5.41, 5.74) is 3.48. The summed E-state index contributed by atoms with van der Waals surface area (Å²) in [4.78, 5) is 23.8. The van der Waals surface area contributed by atoms with Gasteiger partial charge < -0.3 is 14.8 Å². The standard InChI is InChI=1S/C19H17N3O4/c1-25-18(24)10-26-16-5-3-2-4-11(16)13-8-17(23)21-19-12(13)6-7-15-14(19)9-20-22-15/h2-7,9,13H,8,10H2,1H3,(H,20,22)(H,21,23). The Morgan fingerprint density at radius 3 is 2.92 bits per heavy atom. The van der Waals surface area contributed by atoms with Crippen molar-refractivity contribution in [1.29, 1.82) is 0 Å². The van der Waals surface area contributed by atoms with Gasteiger partial charge in [-0.05, 0) is 17.7 Å². The molecule has 0 saturated heterocycles. The molecule has 3 aromatic rings. The fraction of sp³-hybridized carbons (Fsp3) is 0.211. The van der Waals surface area contributed by atoms with Gasteiger partial charge in [-0.25, -0.2) is 4.79 Å². The largest absolute Gasteiger partial charge is 0.482 e. The van der Waals surface area contributed by atoms with Crippen LogP contribution in [0, 0.1) is 0 Å². The molecule has 4 rings (SSSR count). The number of hydrogen-bond donors (Lipinski definition) is 2. The van der Waals surface area contributed by atoms with Crippen molar-refractivity contribution in [2.24, 2.45) is 0 Å². The van der Waals surface area contributed by atoms with E-state index in [1.165, 1.54) is 7.11 Å². The van der Waals surface area contributed by atoms with Crippen LogP contribution < -0.4 is 10.1 Å². The van der Waals surface area contributed by atoms with Gasteiger partial charge in [0.15, 0.2) is 6.61 Å². The van der Waals surface area contributed by atoms with Gasteiger partial charge in [0.05, 0.1) is 24.5 Å². The van der Waals surface area contributed by atoms with Crippen LogP contribution in [0.15, 0.2) is 42.6 Å². The van der Waals surface area contributed by atoms with Crippen molar-refractivity contribution in [2.45, 2.75) is 12.3 Å². The summed E-state index contributed by atoms with van der Waals surface area (Å²) in [6.45, 7) is -0.181. The van der Waals surface area contributed by atoms with Crippen molar-refractivity contribution < 1.29 is 19.1 Å². The van der Waals surface area contributed by atoms with E-state index >= 15 is 0 Å². The third-order valence-electron chi connectivity index (χ3n) is 4.55. The molecule has 0 saturated carbocycles. The van der Waals surface area contributed by atoms with Crippen LogP contribution in [0.1, 0.15) is 23.5 Å². The minimum absolute atomic E-state index is 0.0704. The molecule has 132 valence electrons. The Hall–Kier alpha value is -3.35. The molecule has 1 aromatic heterocycles. The zero-order chi connectivity index (χ0) is 18.1. The third-order valence-corrected chi connectivity index (χ3v) is 4.55. The Bertz CT molecular complexity index is 995. The van der Waals surface area contributed by atoms with Crippen LogP contribution in [0.5, 0.6) is 5.75 Å². The smallest absolute Gasteiger partial charge is 0.343 e. The second kappa shape index (κ2) is 6.51. The van der Waals surface area contributed by atoms with Gasteiger partial charge in [0.2, 0.25) is 5.91 Å². The zero-order valence-corrected chi connectivity index (χ0v) is 14.1. The van der Waals surface area contributed by atoms with Gasteiger partial charge in [-0.1, -0.05) is 24.3 Å². The van der Waals surface area contributed by atoms with E-state index in [-0.39, 0.29) is 18.4 Å². The van der Waals surface area contributed by atoms with Crippen LogP contribution >= 0.6 is 0 Å². The monoisotopic (exact) mass is 351 g/mol. The molecule has 0 radical (unpaired) electrons. The molecule has 7 heteroatoms. The highest BCUT2D eigenvalue weighted by Gasteiger charge is 2.30. The highest BCUT2D eigenvalue weighted by atomic mass is 16.6. The summed E-state index contributed by atoms with van der Waals surface area (Å²) < 4.78 is 10.3. The van der Waals surface area contributed by atoms with Gasteiger partial charge in [0, 0.05) is 23.3 Å². The average Bonchev–Trinajstić information content (AvgIpc) is 3.15. The number of ether oxygens (including phenoxy) is 2. The Morgan fingerprint density at radius 2 is 2.08 bits per heavy atom. The lowest BCUT2D eigenvalue weighted by Gasteiger charge is -2.27. The first-order chi connectivity index (χ1) is 12.7. The second-order valence-electron chi connectivity index (χ2n) is 6.07. The number of esters is 1. The van der Waals surface area contributed by atoms with Gasteiger partial charge in [0.1, 0.15) is 5.75 Å². The normalized spacial score (nSPS) is 16.0. The number of aromatic nitrogens is 2. The van der Waals surface area contributed by atoms with Crippen molar-refractivity contribution >= 4 is 28.5 Å². The van der Waals surface area contributed by atoms with Crippen LogP contribution in [0.2, 0.25) is 0 Å². The number of benzene rings is 2. The van der Waals surface area contributed by atoms with Gasteiger partial charge in [-0.3, -0.25) is 9.89 Å². The SMILES string of the molecule is COC(=O)COc1ccccc1C1CC(=O)Nc2c1ccc1[nH]ncc21. The molecule has 26 heavy (non-hydrogen) atoms. The molecule has 1 amide bonds. The molecule has 2 heterocycles. The summed E-state index contributed by atoms with van der Waals surface area (Å²) in [5.74, 6) is -0.136. The molecule has 1 atom stereocenters. The average molecular weight is 351 g/mol. The first-order valence-corrected chi connectivity index (χ1v) is 8.21. The lowest BCUT2D eigenvalue weighted by molar-refractivity contribution is -0.142. The molecule has 0 aliphatic carbocycles. The number of H-pyrrole nitrogens is 1. The number of aromatic amines is 1. The van der Waals surface area contributed by atoms with Crippen LogP contribution in [0.25, 0.3) is 10.9 Å². The minimum atomic E-state index is -0.457. The molecule has 7 nitrogen and oxygen atoms in total. The summed E-state index contributed by atoms with van der Waals surface area (Å²) in [6, 6.07) is 11.4. The van der Waals surface area contributed by atoms with Crippen molar-refractivity contribution in [2.75, 3.05) is 19.0 Å². The summed E-state index contributed by atoms with van der Waals surface area (Å²) in [7, 11) is 1.31. The van der Waals surface area contributed by atoms with Gasteiger partial charge in [0.25, 0.3) is 0 Å². The molecule has 0 fully saturated rings. The van der Waals surface area contributed by atoms with Gasteiger partial charge in [-0.2, -0.15) is 5.10 Å². The predicted molar refractivity (Wildman–Crippen MR) is 95.1 cm³/mol. The number of amides is 1. The van der Waals surface area contributed by atoms with Gasteiger partial charge in [-0.15, -0.1) is 0 Å². The molecule has 1 aliphatic rings. The number of para-hydroxylation sites is 1. The zero-order valence-electron chi connectivity index (χ0n) is 14.1. The summed E-state index contributed by atoms with van der Waals surface area (Å²) in [6.07, 6.45) is 2.01. The Balaban J connectivity index is 1.77. The van der Waals surface area contributed by atoms with Crippen LogP contribution in [0.3, 0.4) is 0 Å². The first-order valence-electron chi connectivity index (χ1n) is 8.21. The maximum atomic E-state index is 12.3. The number of carbonyl (C=O) groups is 2. The van der Waals surface area contributed by atoms with E-state index in [1.807, 2.05) is 30.3 Å². The highest BCUT2D eigenvalue weighted by molar-refractivity contribution is 6.05. The van der Waals surface area contributed by atoms with E-state index in [0.29, 0.717) is 12.2 Å². The third kappa shape index (κ3) is 2.77. The van der Waals surface area contributed by atoms with Crippen LogP contribution in [-0.2, 0) is 14.3 Å². The lowest BCUT2D eigenvalue weighted by atomic mass is 9.83. The maximum Gasteiger partial charge on any atom is 0.343 e. The molecule has 2 N–H and O–H groups in total. The number of anilines is 1. The minimum Gasteiger partial charge on any atom is -0.482 e. The number of hydrogen-bond acceptors (Lipinski definition) is 5. The quantitative estimate of drug-likeness (QED) is 0.705. The Kier molecular flexibility index (Phi) is 4.04. The Morgan fingerprint density at radius 1 is 1.23 bits per heavy atom. The number of nitrogens with one attached hydrogen (secondary N) is 2. The number of carbonyl (C=O) groups excluding carboxylic acids is 2. The molecule has 2 aromatic carbocycles. The molecule has 1 unspecified atom stereocenters. The van der Waals surface area contributed by atoms with Gasteiger partial charge >= 0.3 is 5.97 Å². The predicted octanol–water partition coefficient (Wildman–Crippen LogP) is 2.59. The molecule has 0 bridgehead atoms. The van der Waals surface area contributed by atoms with E-state index in [1.54, 1.807) is 12.3 Å². The first kappa shape index (κ1) is 16.1. The lowest BCUT2D eigenvalue weighted by Crippen LogP contribution is -2.24. The topological polar surface area (TPSA) is 93.3 Å². The van der Waals surface area contributed by atoms with Crippen molar-refractivity contribution in [1.82, 2.24) is 10.2 Å². The fourth-order valence-corrected chi connectivity index (χ4v) is 3.32. The number of methoxy groups -OCH3 is 1. The number of fused-ring (bicyclic) bond motifs is 3.